The van der Waals surface area contributed by atoms with Crippen LogP contribution < -0.4 is 0 Å². The number of piperidine rings is 1. The van der Waals surface area contributed by atoms with Crippen molar-refractivity contribution in [3.63, 3.8) is 0 Å². The first kappa shape index (κ1) is 13.7. The molecule has 2 aliphatic rings. The van der Waals surface area contributed by atoms with Gasteiger partial charge in [0.15, 0.2) is 5.17 Å². The number of likely N-dealkylation sites (tertiary alicyclic amines) is 1. The largest absolute Gasteiger partial charge is 0.351 e. The van der Waals surface area contributed by atoms with Crippen molar-refractivity contribution >= 4 is 40.5 Å². The Morgan fingerprint density at radius 1 is 1.20 bits per heavy atom. The molecule has 0 atom stereocenters. The number of nitrogens with zero attached hydrogens (tertiary/aromatic N) is 2. The molecule has 1 aromatic carbocycles. The molecule has 0 spiro atoms. The van der Waals surface area contributed by atoms with Crippen LogP contribution in [0.2, 0.25) is 5.02 Å². The van der Waals surface area contributed by atoms with E-state index in [0.717, 1.165) is 23.8 Å². The SMILES string of the molecule is O=C1N=C(N2CCCCC2)S/C1=C/c1ccccc1Cl. The van der Waals surface area contributed by atoms with Gasteiger partial charge in [0.1, 0.15) is 0 Å². The van der Waals surface area contributed by atoms with Gasteiger partial charge in [0.05, 0.1) is 4.91 Å². The summed E-state index contributed by atoms with van der Waals surface area (Å²) in [5.74, 6) is -0.157. The van der Waals surface area contributed by atoms with E-state index in [1.54, 1.807) is 0 Å². The lowest BCUT2D eigenvalue weighted by atomic mass is 10.1. The maximum Gasteiger partial charge on any atom is 0.286 e. The second-order valence-corrected chi connectivity index (χ2v) is 6.30. The highest BCUT2D eigenvalue weighted by atomic mass is 35.5. The molecule has 1 aromatic rings. The Hall–Kier alpha value is -1.26. The minimum Gasteiger partial charge on any atom is -0.351 e. The summed E-state index contributed by atoms with van der Waals surface area (Å²) in [6, 6.07) is 7.52. The van der Waals surface area contributed by atoms with Crippen molar-refractivity contribution in [1.29, 1.82) is 0 Å². The molecule has 0 bridgehead atoms. The van der Waals surface area contributed by atoms with Gasteiger partial charge in [-0.05, 0) is 48.7 Å². The van der Waals surface area contributed by atoms with Crippen LogP contribution in [0.3, 0.4) is 0 Å². The highest BCUT2D eigenvalue weighted by molar-refractivity contribution is 8.18. The topological polar surface area (TPSA) is 32.7 Å². The van der Waals surface area contributed by atoms with E-state index in [0.29, 0.717) is 9.93 Å². The van der Waals surface area contributed by atoms with Crippen molar-refractivity contribution in [2.45, 2.75) is 19.3 Å². The van der Waals surface area contributed by atoms with Crippen LogP contribution in [0.4, 0.5) is 0 Å². The quantitative estimate of drug-likeness (QED) is 0.740. The Balaban J connectivity index is 1.78. The third kappa shape index (κ3) is 2.91. The predicted octanol–water partition coefficient (Wildman–Crippen LogP) is 3.80. The molecule has 2 heterocycles. The first-order valence-electron chi connectivity index (χ1n) is 6.76. The van der Waals surface area contributed by atoms with Gasteiger partial charge < -0.3 is 4.90 Å². The van der Waals surface area contributed by atoms with Gasteiger partial charge in [0, 0.05) is 18.1 Å². The van der Waals surface area contributed by atoms with E-state index in [1.165, 1.54) is 31.0 Å². The van der Waals surface area contributed by atoms with Crippen molar-refractivity contribution in [3.05, 3.63) is 39.8 Å². The molecule has 20 heavy (non-hydrogen) atoms. The van der Waals surface area contributed by atoms with Crippen molar-refractivity contribution in [2.75, 3.05) is 13.1 Å². The average Bonchev–Trinajstić information content (AvgIpc) is 2.84. The van der Waals surface area contributed by atoms with Gasteiger partial charge in [0.25, 0.3) is 5.91 Å². The Morgan fingerprint density at radius 3 is 2.70 bits per heavy atom. The number of amidine groups is 1. The molecule has 0 saturated carbocycles. The summed E-state index contributed by atoms with van der Waals surface area (Å²) in [5, 5.41) is 1.49. The molecule has 5 heteroatoms. The van der Waals surface area contributed by atoms with E-state index in [1.807, 2.05) is 30.3 Å². The predicted molar refractivity (Wildman–Crippen MR) is 84.9 cm³/mol. The summed E-state index contributed by atoms with van der Waals surface area (Å²) in [6.45, 7) is 2.00. The molecule has 1 fully saturated rings. The zero-order chi connectivity index (χ0) is 13.9. The second kappa shape index (κ2) is 6.02. The lowest BCUT2D eigenvalue weighted by molar-refractivity contribution is -0.113. The van der Waals surface area contributed by atoms with Crippen LogP contribution in [0.5, 0.6) is 0 Å². The number of rotatable bonds is 1. The minimum atomic E-state index is -0.157. The Bertz CT molecular complexity index is 591. The maximum atomic E-state index is 12.0. The highest BCUT2D eigenvalue weighted by Crippen LogP contribution is 2.32. The molecule has 2 aliphatic heterocycles. The molecule has 0 aromatic heterocycles. The normalized spacial score (nSPS) is 21.4. The van der Waals surface area contributed by atoms with Crippen molar-refractivity contribution in [2.24, 2.45) is 4.99 Å². The maximum absolute atomic E-state index is 12.0. The van der Waals surface area contributed by atoms with Gasteiger partial charge in [0.2, 0.25) is 0 Å². The number of amides is 1. The summed E-state index contributed by atoms with van der Waals surface area (Å²) >= 11 is 7.58. The third-order valence-electron chi connectivity index (χ3n) is 3.43. The summed E-state index contributed by atoms with van der Waals surface area (Å²) in [7, 11) is 0. The zero-order valence-electron chi connectivity index (χ0n) is 11.0. The fourth-order valence-corrected chi connectivity index (χ4v) is 3.50. The lowest BCUT2D eigenvalue weighted by Gasteiger charge is -2.27. The highest BCUT2D eigenvalue weighted by Gasteiger charge is 2.26. The van der Waals surface area contributed by atoms with Gasteiger partial charge in [-0.25, -0.2) is 0 Å². The summed E-state index contributed by atoms with van der Waals surface area (Å²) in [6.07, 6.45) is 5.45. The fraction of sp³-hybridized carbons (Fsp3) is 0.333. The number of thioether (sulfide) groups is 1. The number of carbonyl (C=O) groups excluding carboxylic acids is 1. The first-order chi connectivity index (χ1) is 9.74. The van der Waals surface area contributed by atoms with E-state index in [4.69, 9.17) is 11.6 Å². The molecule has 3 rings (SSSR count). The van der Waals surface area contributed by atoms with Crippen molar-refractivity contribution in [1.82, 2.24) is 4.90 Å². The smallest absolute Gasteiger partial charge is 0.286 e. The fourth-order valence-electron chi connectivity index (χ4n) is 2.35. The van der Waals surface area contributed by atoms with E-state index in [9.17, 15) is 4.79 Å². The minimum absolute atomic E-state index is 0.157. The molecule has 0 N–H and O–H groups in total. The molecule has 0 radical (unpaired) electrons. The lowest BCUT2D eigenvalue weighted by Crippen LogP contribution is -2.33. The molecular formula is C15H15ClN2OS. The third-order valence-corrected chi connectivity index (χ3v) is 4.82. The number of halogens is 1. The monoisotopic (exact) mass is 306 g/mol. The van der Waals surface area contributed by atoms with Gasteiger partial charge in [-0.3, -0.25) is 4.79 Å². The summed E-state index contributed by atoms with van der Waals surface area (Å²) in [5.41, 5.74) is 0.861. The standard InChI is InChI=1S/C15H15ClN2OS/c16-12-7-3-2-6-11(12)10-13-14(19)17-15(20-13)18-8-4-1-5-9-18/h2-3,6-7,10H,1,4-5,8-9H2/b13-10+. The van der Waals surface area contributed by atoms with Gasteiger partial charge in [-0.1, -0.05) is 29.8 Å². The van der Waals surface area contributed by atoms with Crippen LogP contribution >= 0.6 is 23.4 Å². The van der Waals surface area contributed by atoms with Crippen LogP contribution in [0.1, 0.15) is 24.8 Å². The van der Waals surface area contributed by atoms with Gasteiger partial charge in [-0.2, -0.15) is 4.99 Å². The zero-order valence-corrected chi connectivity index (χ0v) is 12.6. The first-order valence-corrected chi connectivity index (χ1v) is 7.95. The number of hydrogen-bond donors (Lipinski definition) is 0. The second-order valence-electron chi connectivity index (χ2n) is 4.88. The van der Waals surface area contributed by atoms with Crippen molar-refractivity contribution in [3.8, 4) is 0 Å². The van der Waals surface area contributed by atoms with Crippen molar-refractivity contribution < 1.29 is 4.79 Å². The molecule has 0 aliphatic carbocycles. The number of hydrogen-bond acceptors (Lipinski definition) is 3. The van der Waals surface area contributed by atoms with Gasteiger partial charge >= 0.3 is 0 Å². The summed E-state index contributed by atoms with van der Waals surface area (Å²) < 4.78 is 0. The number of aliphatic imine (C=N–C) groups is 1. The van der Waals surface area contributed by atoms with E-state index in [-0.39, 0.29) is 5.91 Å². The Kier molecular flexibility index (Phi) is 4.13. The van der Waals surface area contributed by atoms with Crippen LogP contribution in [-0.2, 0) is 4.79 Å². The Morgan fingerprint density at radius 2 is 1.95 bits per heavy atom. The molecule has 3 nitrogen and oxygen atoms in total. The Labute approximate surface area is 127 Å². The van der Waals surface area contributed by atoms with Crippen LogP contribution in [-0.4, -0.2) is 29.1 Å². The van der Waals surface area contributed by atoms with Crippen LogP contribution in [0, 0.1) is 0 Å². The molecule has 1 amide bonds. The van der Waals surface area contributed by atoms with Crippen LogP contribution in [0.25, 0.3) is 6.08 Å². The van der Waals surface area contributed by atoms with Crippen LogP contribution in [0.15, 0.2) is 34.2 Å². The molecular weight excluding hydrogens is 292 g/mol. The van der Waals surface area contributed by atoms with E-state index < -0.39 is 0 Å². The molecule has 1 saturated heterocycles. The number of carbonyl (C=O) groups is 1. The number of benzene rings is 1. The van der Waals surface area contributed by atoms with E-state index >= 15 is 0 Å². The van der Waals surface area contributed by atoms with Gasteiger partial charge in [-0.15, -0.1) is 0 Å². The molecule has 104 valence electrons. The summed E-state index contributed by atoms with van der Waals surface area (Å²) in [4.78, 5) is 19.0. The average molecular weight is 307 g/mol. The van der Waals surface area contributed by atoms with E-state index in [2.05, 4.69) is 9.89 Å². The molecule has 0 unspecified atom stereocenters.